The second kappa shape index (κ2) is 5.05. The second-order valence-corrected chi connectivity index (χ2v) is 5.06. The van der Waals surface area contributed by atoms with Crippen LogP contribution in [0.5, 0.6) is 0 Å². The van der Waals surface area contributed by atoms with Crippen molar-refractivity contribution < 1.29 is 19.5 Å². The van der Waals surface area contributed by atoms with Gasteiger partial charge in [0.15, 0.2) is 0 Å². The molecule has 3 rings (SSSR count). The molecule has 1 N–H and O–H groups in total. The van der Waals surface area contributed by atoms with Crippen molar-refractivity contribution in [2.45, 2.75) is 25.3 Å². The Morgan fingerprint density at radius 3 is 2.57 bits per heavy atom. The molecule has 0 aliphatic carbocycles. The summed E-state index contributed by atoms with van der Waals surface area (Å²) in [6, 6.07) is 6.19. The van der Waals surface area contributed by atoms with Gasteiger partial charge in [0.05, 0.1) is 12.0 Å². The molecule has 6 nitrogen and oxygen atoms in total. The van der Waals surface area contributed by atoms with Gasteiger partial charge in [0, 0.05) is 36.4 Å². The van der Waals surface area contributed by atoms with Crippen LogP contribution >= 0.6 is 0 Å². The van der Waals surface area contributed by atoms with Crippen LogP contribution in [0.25, 0.3) is 10.9 Å². The van der Waals surface area contributed by atoms with Crippen molar-refractivity contribution in [2.75, 3.05) is 0 Å². The first kappa shape index (κ1) is 13.4. The number of aliphatic carboxylic acids is 1. The molecule has 1 fully saturated rings. The maximum atomic E-state index is 11.7. The lowest BCUT2D eigenvalue weighted by Gasteiger charge is -2.26. The lowest BCUT2D eigenvalue weighted by molar-refractivity contribution is -0.310. The molecule has 1 saturated heterocycles. The Balaban J connectivity index is 1.94. The van der Waals surface area contributed by atoms with Crippen molar-refractivity contribution in [1.29, 1.82) is 0 Å². The third kappa shape index (κ3) is 2.29. The largest absolute Gasteiger partial charge is 0.548 e. The van der Waals surface area contributed by atoms with Crippen molar-refractivity contribution in [3.63, 3.8) is 0 Å². The highest BCUT2D eigenvalue weighted by atomic mass is 16.4. The van der Waals surface area contributed by atoms with Crippen molar-refractivity contribution in [2.24, 2.45) is 0 Å². The Hall–Kier alpha value is -2.63. The SMILES string of the molecule is O=C([O-])[C@H](Cc1c[nH]c2ccccc12)N1C(=O)CCC1=O. The molecule has 21 heavy (non-hydrogen) atoms. The first-order chi connectivity index (χ1) is 10.1. The second-order valence-electron chi connectivity index (χ2n) is 5.06. The van der Waals surface area contributed by atoms with Gasteiger partial charge >= 0.3 is 0 Å². The van der Waals surface area contributed by atoms with E-state index < -0.39 is 23.8 Å². The number of carbonyl (C=O) groups excluding carboxylic acids is 3. The van der Waals surface area contributed by atoms with Crippen LogP contribution in [-0.4, -0.2) is 33.7 Å². The van der Waals surface area contributed by atoms with E-state index in [9.17, 15) is 19.5 Å². The Labute approximate surface area is 120 Å². The highest BCUT2D eigenvalue weighted by Crippen LogP contribution is 2.23. The molecule has 2 aromatic rings. The van der Waals surface area contributed by atoms with E-state index in [2.05, 4.69) is 4.98 Å². The number of aromatic nitrogens is 1. The number of nitrogens with one attached hydrogen (secondary N) is 1. The minimum absolute atomic E-state index is 0.0455. The molecule has 1 atom stereocenters. The third-order valence-electron chi connectivity index (χ3n) is 3.76. The van der Waals surface area contributed by atoms with Crippen LogP contribution in [0, 0.1) is 0 Å². The minimum Gasteiger partial charge on any atom is -0.548 e. The average Bonchev–Trinajstić information content (AvgIpc) is 3.01. The molecular formula is C15H13N2O4-. The van der Waals surface area contributed by atoms with Gasteiger partial charge in [-0.3, -0.25) is 14.5 Å². The van der Waals surface area contributed by atoms with E-state index in [4.69, 9.17) is 0 Å². The molecule has 2 amide bonds. The van der Waals surface area contributed by atoms with Crippen molar-refractivity contribution >= 4 is 28.7 Å². The normalized spacial score (nSPS) is 16.7. The summed E-state index contributed by atoms with van der Waals surface area (Å²) in [7, 11) is 0. The van der Waals surface area contributed by atoms with Crippen LogP contribution in [-0.2, 0) is 20.8 Å². The first-order valence-electron chi connectivity index (χ1n) is 6.68. The van der Waals surface area contributed by atoms with Gasteiger partial charge in [0.25, 0.3) is 0 Å². The number of amides is 2. The molecule has 1 aliphatic rings. The smallest absolute Gasteiger partial charge is 0.230 e. The number of aromatic amines is 1. The summed E-state index contributed by atoms with van der Waals surface area (Å²) in [5.74, 6) is -2.31. The maximum Gasteiger partial charge on any atom is 0.230 e. The van der Waals surface area contributed by atoms with Crippen LogP contribution < -0.4 is 5.11 Å². The van der Waals surface area contributed by atoms with Crippen LogP contribution in [0.4, 0.5) is 0 Å². The lowest BCUT2D eigenvalue weighted by atomic mass is 10.0. The van der Waals surface area contributed by atoms with Gasteiger partial charge in [0.2, 0.25) is 11.8 Å². The summed E-state index contributed by atoms with van der Waals surface area (Å²) in [5.41, 5.74) is 1.62. The number of rotatable bonds is 4. The van der Waals surface area contributed by atoms with Gasteiger partial charge < -0.3 is 14.9 Å². The fraction of sp³-hybridized carbons (Fsp3) is 0.267. The summed E-state index contributed by atoms with van der Waals surface area (Å²) < 4.78 is 0. The minimum atomic E-state index is -1.41. The Morgan fingerprint density at radius 1 is 1.24 bits per heavy atom. The number of carbonyl (C=O) groups is 3. The summed E-state index contributed by atoms with van der Waals surface area (Å²) in [6.45, 7) is 0. The highest BCUT2D eigenvalue weighted by Gasteiger charge is 2.35. The highest BCUT2D eigenvalue weighted by molar-refractivity contribution is 6.04. The predicted molar refractivity (Wildman–Crippen MR) is 71.9 cm³/mol. The monoisotopic (exact) mass is 285 g/mol. The summed E-state index contributed by atoms with van der Waals surface area (Å²) in [4.78, 5) is 38.7. The number of nitrogens with zero attached hydrogens (tertiary/aromatic N) is 1. The zero-order valence-electron chi connectivity index (χ0n) is 11.2. The zero-order valence-corrected chi connectivity index (χ0v) is 11.2. The fourth-order valence-electron chi connectivity index (χ4n) is 2.73. The number of fused-ring (bicyclic) bond motifs is 1. The molecule has 1 aromatic heterocycles. The van der Waals surface area contributed by atoms with Crippen molar-refractivity contribution in [3.05, 3.63) is 36.0 Å². The first-order valence-corrected chi connectivity index (χ1v) is 6.68. The molecular weight excluding hydrogens is 272 g/mol. The molecule has 2 heterocycles. The Bertz CT molecular complexity index is 718. The Kier molecular flexibility index (Phi) is 3.21. The van der Waals surface area contributed by atoms with E-state index in [1.165, 1.54) is 0 Å². The number of H-pyrrole nitrogens is 1. The van der Waals surface area contributed by atoms with Crippen molar-refractivity contribution in [1.82, 2.24) is 9.88 Å². The van der Waals surface area contributed by atoms with Gasteiger partial charge in [-0.25, -0.2) is 0 Å². The standard InChI is InChI=1S/C15H14N2O4/c18-13-5-6-14(19)17(13)12(15(20)21)7-9-8-16-11-4-2-1-3-10(9)11/h1-4,8,12,16H,5-7H2,(H,20,21)/p-1/t12-/m0/s1. The average molecular weight is 285 g/mol. The van der Waals surface area contributed by atoms with Crippen LogP contribution in [0.1, 0.15) is 18.4 Å². The van der Waals surface area contributed by atoms with E-state index in [0.717, 1.165) is 21.4 Å². The van der Waals surface area contributed by atoms with Crippen LogP contribution in [0.15, 0.2) is 30.5 Å². The molecule has 0 unspecified atom stereocenters. The van der Waals surface area contributed by atoms with E-state index in [1.807, 2.05) is 24.3 Å². The molecule has 6 heteroatoms. The number of hydrogen-bond acceptors (Lipinski definition) is 4. The summed E-state index contributed by atoms with van der Waals surface area (Å²) in [6.07, 6.45) is 1.88. The number of para-hydroxylation sites is 1. The Morgan fingerprint density at radius 2 is 1.90 bits per heavy atom. The molecule has 0 bridgehead atoms. The van der Waals surface area contributed by atoms with E-state index >= 15 is 0 Å². The number of carboxylic acid groups (broad SMARTS) is 1. The zero-order chi connectivity index (χ0) is 15.0. The third-order valence-corrected chi connectivity index (χ3v) is 3.76. The molecule has 0 radical (unpaired) electrons. The molecule has 1 aromatic carbocycles. The van der Waals surface area contributed by atoms with Gasteiger partial charge in [-0.2, -0.15) is 0 Å². The number of hydrogen-bond donors (Lipinski definition) is 1. The van der Waals surface area contributed by atoms with Crippen molar-refractivity contribution in [3.8, 4) is 0 Å². The fourth-order valence-corrected chi connectivity index (χ4v) is 2.73. The van der Waals surface area contributed by atoms with Gasteiger partial charge in [-0.05, 0) is 11.6 Å². The van der Waals surface area contributed by atoms with Gasteiger partial charge in [0.1, 0.15) is 0 Å². The van der Waals surface area contributed by atoms with E-state index in [-0.39, 0.29) is 19.3 Å². The molecule has 1 aliphatic heterocycles. The van der Waals surface area contributed by atoms with Crippen LogP contribution in [0.2, 0.25) is 0 Å². The number of benzene rings is 1. The summed E-state index contributed by atoms with van der Waals surface area (Å²) >= 11 is 0. The molecule has 0 saturated carbocycles. The van der Waals surface area contributed by atoms with Gasteiger partial charge in [-0.15, -0.1) is 0 Å². The summed E-state index contributed by atoms with van der Waals surface area (Å²) in [5, 5.41) is 12.3. The predicted octanol–water partition coefficient (Wildman–Crippen LogP) is -0.0221. The number of carboxylic acids is 1. The quantitative estimate of drug-likeness (QED) is 0.799. The van der Waals surface area contributed by atoms with Crippen LogP contribution in [0.3, 0.4) is 0 Å². The van der Waals surface area contributed by atoms with E-state index in [1.54, 1.807) is 6.20 Å². The van der Waals surface area contributed by atoms with E-state index in [0.29, 0.717) is 0 Å². The van der Waals surface area contributed by atoms with Gasteiger partial charge in [-0.1, -0.05) is 18.2 Å². The lowest BCUT2D eigenvalue weighted by Crippen LogP contribution is -2.51. The molecule has 108 valence electrons. The number of likely N-dealkylation sites (tertiary alicyclic amines) is 1. The maximum absolute atomic E-state index is 11.7. The molecule has 0 spiro atoms. The number of imide groups is 1. The topological polar surface area (TPSA) is 93.3 Å².